The van der Waals surface area contributed by atoms with E-state index in [0.717, 1.165) is 10.0 Å². The van der Waals surface area contributed by atoms with Crippen LogP contribution < -0.4 is 10.2 Å². The fraction of sp³-hybridized carbons (Fsp3) is 0.190. The van der Waals surface area contributed by atoms with E-state index in [9.17, 15) is 4.79 Å². The number of carbonyl (C=O) groups excluding carboxylic acids is 1. The molecule has 0 radical (unpaired) electrons. The van der Waals surface area contributed by atoms with Gasteiger partial charge in [-0.05, 0) is 43.7 Å². The lowest BCUT2D eigenvalue weighted by molar-refractivity contribution is 0.0987. The average Bonchev–Trinajstić information content (AvgIpc) is 2.69. The van der Waals surface area contributed by atoms with Crippen molar-refractivity contribution in [3.8, 4) is 0 Å². The lowest BCUT2D eigenvalue weighted by atomic mass is 10.1. The first-order valence-electron chi connectivity index (χ1n) is 8.80. The Hall–Kier alpha value is -2.73. The summed E-state index contributed by atoms with van der Waals surface area (Å²) in [6.07, 6.45) is 1.67. The molecule has 0 saturated carbocycles. The van der Waals surface area contributed by atoms with Crippen molar-refractivity contribution in [2.75, 3.05) is 16.8 Å². The van der Waals surface area contributed by atoms with Crippen LogP contribution in [0, 0.1) is 0 Å². The molecule has 1 atom stereocenters. The van der Waals surface area contributed by atoms with Crippen molar-refractivity contribution >= 4 is 33.6 Å². The maximum absolute atomic E-state index is 12.9. The van der Waals surface area contributed by atoms with E-state index < -0.39 is 0 Å². The van der Waals surface area contributed by atoms with Crippen LogP contribution in [0.2, 0.25) is 0 Å². The minimum absolute atomic E-state index is 0.0531. The van der Waals surface area contributed by atoms with Gasteiger partial charge in [0.25, 0.3) is 5.91 Å². The van der Waals surface area contributed by atoms with Crippen molar-refractivity contribution in [3.63, 3.8) is 0 Å². The van der Waals surface area contributed by atoms with Gasteiger partial charge in [-0.2, -0.15) is 4.98 Å². The third-order valence-electron chi connectivity index (χ3n) is 4.20. The van der Waals surface area contributed by atoms with Crippen LogP contribution in [0.25, 0.3) is 0 Å². The maximum atomic E-state index is 12.9. The molecular weight excluding hydrogens is 404 g/mol. The normalized spacial score (nSPS) is 11.7. The molecule has 138 valence electrons. The highest BCUT2D eigenvalue weighted by atomic mass is 79.9. The molecule has 3 rings (SSSR count). The summed E-state index contributed by atoms with van der Waals surface area (Å²) in [4.78, 5) is 23.4. The Bertz CT molecular complexity index is 917. The van der Waals surface area contributed by atoms with E-state index in [2.05, 4.69) is 50.3 Å². The topological polar surface area (TPSA) is 58.1 Å². The van der Waals surface area contributed by atoms with E-state index >= 15 is 0 Å². The molecular formula is C21H21BrN4O. The van der Waals surface area contributed by atoms with Gasteiger partial charge in [-0.1, -0.05) is 52.3 Å². The summed E-state index contributed by atoms with van der Waals surface area (Å²) in [5, 5.41) is 3.30. The highest BCUT2D eigenvalue weighted by Gasteiger charge is 2.18. The number of halogens is 1. The molecule has 1 heterocycles. The number of benzene rings is 2. The van der Waals surface area contributed by atoms with Crippen molar-refractivity contribution in [1.29, 1.82) is 0 Å². The number of amides is 1. The quantitative estimate of drug-likeness (QED) is 0.599. The fourth-order valence-corrected chi connectivity index (χ4v) is 3.17. The molecule has 3 aromatic rings. The molecule has 0 spiro atoms. The lowest BCUT2D eigenvalue weighted by Crippen LogP contribution is -2.31. The molecule has 0 saturated heterocycles. The third-order valence-corrected chi connectivity index (χ3v) is 4.69. The molecule has 1 aromatic heterocycles. The standard InChI is InChI=1S/C21H21BrN4O/c1-3-26(20(27)17-10-7-11-18(22)14-17)19-12-13-23-21(25-19)24-15(2)16-8-5-4-6-9-16/h4-15H,3H2,1-2H3,(H,23,24,25)/t15-/m0/s1. The summed E-state index contributed by atoms with van der Waals surface area (Å²) < 4.78 is 0.867. The molecule has 1 N–H and O–H groups in total. The zero-order valence-corrected chi connectivity index (χ0v) is 16.8. The van der Waals surface area contributed by atoms with Gasteiger partial charge in [0.2, 0.25) is 5.95 Å². The number of aromatic nitrogens is 2. The van der Waals surface area contributed by atoms with Gasteiger partial charge >= 0.3 is 0 Å². The minimum Gasteiger partial charge on any atom is -0.348 e. The van der Waals surface area contributed by atoms with Crippen molar-refractivity contribution in [1.82, 2.24) is 9.97 Å². The molecule has 27 heavy (non-hydrogen) atoms. The monoisotopic (exact) mass is 424 g/mol. The Kier molecular flexibility index (Phi) is 6.19. The fourth-order valence-electron chi connectivity index (χ4n) is 2.77. The zero-order chi connectivity index (χ0) is 19.2. The van der Waals surface area contributed by atoms with Gasteiger partial charge in [0.05, 0.1) is 6.04 Å². The Morgan fingerprint density at radius 2 is 1.93 bits per heavy atom. The lowest BCUT2D eigenvalue weighted by Gasteiger charge is -2.21. The van der Waals surface area contributed by atoms with Crippen molar-refractivity contribution in [2.45, 2.75) is 19.9 Å². The molecule has 6 heteroatoms. The van der Waals surface area contributed by atoms with Gasteiger partial charge in [0.1, 0.15) is 5.82 Å². The Morgan fingerprint density at radius 1 is 1.15 bits per heavy atom. The molecule has 2 aromatic carbocycles. The highest BCUT2D eigenvalue weighted by Crippen LogP contribution is 2.20. The predicted octanol–water partition coefficient (Wildman–Crippen LogP) is 5.08. The minimum atomic E-state index is -0.0976. The number of nitrogens with one attached hydrogen (secondary N) is 1. The number of rotatable bonds is 6. The van der Waals surface area contributed by atoms with Gasteiger partial charge in [0, 0.05) is 22.8 Å². The van der Waals surface area contributed by atoms with E-state index in [4.69, 9.17) is 0 Å². The van der Waals surface area contributed by atoms with Crippen LogP contribution in [0.15, 0.2) is 71.3 Å². The number of carbonyl (C=O) groups is 1. The first kappa shape index (κ1) is 19.0. The Morgan fingerprint density at radius 3 is 2.63 bits per heavy atom. The molecule has 0 unspecified atom stereocenters. The summed E-state index contributed by atoms with van der Waals surface area (Å²) in [5.41, 5.74) is 1.75. The second kappa shape index (κ2) is 8.77. The van der Waals surface area contributed by atoms with Gasteiger partial charge < -0.3 is 5.32 Å². The van der Waals surface area contributed by atoms with Gasteiger partial charge in [-0.15, -0.1) is 0 Å². The van der Waals surface area contributed by atoms with Crippen LogP contribution in [-0.4, -0.2) is 22.4 Å². The molecule has 0 fully saturated rings. The second-order valence-electron chi connectivity index (χ2n) is 6.07. The van der Waals surface area contributed by atoms with E-state index in [0.29, 0.717) is 23.9 Å². The van der Waals surface area contributed by atoms with Crippen LogP contribution in [0.4, 0.5) is 11.8 Å². The number of anilines is 2. The number of hydrogen-bond acceptors (Lipinski definition) is 4. The maximum Gasteiger partial charge on any atom is 0.259 e. The van der Waals surface area contributed by atoms with Gasteiger partial charge in [-0.25, -0.2) is 4.98 Å². The molecule has 0 aliphatic carbocycles. The number of nitrogens with zero attached hydrogens (tertiary/aromatic N) is 3. The molecule has 0 bridgehead atoms. The van der Waals surface area contributed by atoms with Crippen LogP contribution in [0.5, 0.6) is 0 Å². The molecule has 5 nitrogen and oxygen atoms in total. The van der Waals surface area contributed by atoms with E-state index in [-0.39, 0.29) is 11.9 Å². The SMILES string of the molecule is CCN(C(=O)c1cccc(Br)c1)c1ccnc(N[C@@H](C)c2ccccc2)n1. The largest absolute Gasteiger partial charge is 0.348 e. The van der Waals surface area contributed by atoms with Crippen molar-refractivity contribution < 1.29 is 4.79 Å². The summed E-state index contributed by atoms with van der Waals surface area (Å²) in [5.74, 6) is 0.962. The van der Waals surface area contributed by atoms with Gasteiger partial charge in [-0.3, -0.25) is 9.69 Å². The summed E-state index contributed by atoms with van der Waals surface area (Å²) >= 11 is 3.41. The second-order valence-corrected chi connectivity index (χ2v) is 6.99. The average molecular weight is 425 g/mol. The summed E-state index contributed by atoms with van der Waals surface area (Å²) in [6.45, 7) is 4.49. The zero-order valence-electron chi connectivity index (χ0n) is 15.3. The van der Waals surface area contributed by atoms with E-state index in [1.54, 1.807) is 23.2 Å². The predicted molar refractivity (Wildman–Crippen MR) is 112 cm³/mol. The van der Waals surface area contributed by atoms with Gasteiger partial charge in [0.15, 0.2) is 0 Å². The molecule has 0 aliphatic heterocycles. The number of hydrogen-bond donors (Lipinski definition) is 1. The van der Waals surface area contributed by atoms with Crippen LogP contribution in [0.1, 0.15) is 35.8 Å². The first-order chi connectivity index (χ1) is 13.1. The van der Waals surface area contributed by atoms with Crippen LogP contribution in [-0.2, 0) is 0 Å². The summed E-state index contributed by atoms with van der Waals surface area (Å²) in [7, 11) is 0. The van der Waals surface area contributed by atoms with Crippen LogP contribution >= 0.6 is 15.9 Å². The highest BCUT2D eigenvalue weighted by molar-refractivity contribution is 9.10. The summed E-state index contributed by atoms with van der Waals surface area (Å²) in [6, 6.07) is 19.2. The third kappa shape index (κ3) is 4.71. The smallest absolute Gasteiger partial charge is 0.259 e. The van der Waals surface area contributed by atoms with Crippen molar-refractivity contribution in [2.24, 2.45) is 0 Å². The molecule has 1 amide bonds. The van der Waals surface area contributed by atoms with Crippen LogP contribution in [0.3, 0.4) is 0 Å². The van der Waals surface area contributed by atoms with Crippen molar-refractivity contribution in [3.05, 3.63) is 82.5 Å². The Balaban J connectivity index is 1.81. The first-order valence-corrected chi connectivity index (χ1v) is 9.59. The van der Waals surface area contributed by atoms with E-state index in [1.807, 2.05) is 43.3 Å². The molecule has 0 aliphatic rings. The Labute approximate surface area is 167 Å². The van der Waals surface area contributed by atoms with E-state index in [1.165, 1.54) is 0 Å².